The van der Waals surface area contributed by atoms with Gasteiger partial charge >= 0.3 is 14.6 Å². The SMILES string of the molecule is CCNCC.O=[P+](O)OC(F)(F)F. The zero-order valence-corrected chi connectivity index (χ0v) is 8.15. The van der Waals surface area contributed by atoms with Crippen molar-refractivity contribution in [1.82, 2.24) is 5.32 Å². The van der Waals surface area contributed by atoms with Crippen molar-refractivity contribution >= 4 is 8.25 Å². The lowest BCUT2D eigenvalue weighted by Gasteiger charge is -1.89. The first-order chi connectivity index (χ1) is 5.83. The van der Waals surface area contributed by atoms with Gasteiger partial charge in [0.15, 0.2) is 0 Å². The number of rotatable bonds is 3. The molecule has 0 saturated heterocycles. The van der Waals surface area contributed by atoms with Crippen LogP contribution in [0.1, 0.15) is 13.8 Å². The van der Waals surface area contributed by atoms with Gasteiger partial charge in [0, 0.05) is 4.57 Å². The maximum Gasteiger partial charge on any atom is 0.703 e. The Morgan fingerprint density at radius 2 is 1.77 bits per heavy atom. The van der Waals surface area contributed by atoms with E-state index in [-0.39, 0.29) is 0 Å². The fraction of sp³-hybridized carbons (Fsp3) is 1.00. The predicted octanol–water partition coefficient (Wildman–Crippen LogP) is 1.79. The Labute approximate surface area is 75.0 Å². The highest BCUT2D eigenvalue weighted by atomic mass is 31.1. The van der Waals surface area contributed by atoms with E-state index in [4.69, 9.17) is 4.89 Å². The van der Waals surface area contributed by atoms with E-state index in [2.05, 4.69) is 23.7 Å². The Balaban J connectivity index is 0. The molecule has 0 saturated carbocycles. The van der Waals surface area contributed by atoms with E-state index in [9.17, 15) is 17.7 Å². The fourth-order valence-corrected chi connectivity index (χ4v) is 0.516. The molecule has 4 nitrogen and oxygen atoms in total. The molecule has 80 valence electrons. The number of hydrogen-bond acceptors (Lipinski definition) is 3. The Morgan fingerprint density at radius 1 is 1.38 bits per heavy atom. The second-order valence-corrected chi connectivity index (χ2v) is 2.39. The van der Waals surface area contributed by atoms with Crippen LogP contribution in [-0.2, 0) is 9.09 Å². The van der Waals surface area contributed by atoms with Crippen molar-refractivity contribution < 1.29 is 27.2 Å². The molecular formula is C5H12F3NO3P+. The van der Waals surface area contributed by atoms with Gasteiger partial charge in [-0.2, -0.15) is 0 Å². The lowest BCUT2D eigenvalue weighted by atomic mass is 10.7. The standard InChI is InChI=1S/C4H11N.CF3O3P/c1-3-5-4-2;2-1(3,4)7-8(5)6/h5H,3-4H2,1-2H3;/p+1. The summed E-state index contributed by atoms with van der Waals surface area (Å²) in [6.07, 6.45) is -5.01. The highest BCUT2D eigenvalue weighted by Crippen LogP contribution is 2.29. The summed E-state index contributed by atoms with van der Waals surface area (Å²) in [5, 5.41) is 3.11. The van der Waals surface area contributed by atoms with E-state index >= 15 is 0 Å². The molecule has 0 bridgehead atoms. The van der Waals surface area contributed by atoms with Crippen LogP contribution in [-0.4, -0.2) is 24.3 Å². The van der Waals surface area contributed by atoms with Gasteiger partial charge in [-0.3, -0.25) is 0 Å². The highest BCUT2D eigenvalue weighted by molar-refractivity contribution is 7.32. The third-order valence-corrected chi connectivity index (χ3v) is 1.04. The molecule has 1 atom stereocenters. The Kier molecular flexibility index (Phi) is 9.82. The molecular weight excluding hydrogens is 210 g/mol. The van der Waals surface area contributed by atoms with Crippen LogP contribution in [0.4, 0.5) is 13.2 Å². The molecule has 0 amide bonds. The molecule has 0 fully saturated rings. The van der Waals surface area contributed by atoms with Gasteiger partial charge in [-0.15, -0.1) is 18.1 Å². The van der Waals surface area contributed by atoms with Gasteiger partial charge in [-0.05, 0) is 17.6 Å². The second-order valence-electron chi connectivity index (χ2n) is 1.73. The van der Waals surface area contributed by atoms with Crippen LogP contribution < -0.4 is 5.32 Å². The number of alkyl halides is 3. The van der Waals surface area contributed by atoms with E-state index in [1.54, 1.807) is 0 Å². The molecule has 0 aliphatic carbocycles. The largest absolute Gasteiger partial charge is 0.703 e. The number of halogens is 3. The first-order valence-corrected chi connectivity index (χ1v) is 4.59. The maximum atomic E-state index is 10.7. The third-order valence-electron chi connectivity index (χ3n) is 0.682. The first kappa shape index (κ1) is 15.3. The summed E-state index contributed by atoms with van der Waals surface area (Å²) >= 11 is 0. The lowest BCUT2D eigenvalue weighted by Crippen LogP contribution is -2.09. The molecule has 0 aromatic heterocycles. The summed E-state index contributed by atoms with van der Waals surface area (Å²) < 4.78 is 43.9. The quantitative estimate of drug-likeness (QED) is 0.714. The summed E-state index contributed by atoms with van der Waals surface area (Å²) in [5.74, 6) is 0. The summed E-state index contributed by atoms with van der Waals surface area (Å²) in [7, 11) is -3.56. The van der Waals surface area contributed by atoms with Gasteiger partial charge in [0.25, 0.3) is 0 Å². The van der Waals surface area contributed by atoms with E-state index in [0.29, 0.717) is 0 Å². The summed E-state index contributed by atoms with van der Waals surface area (Å²) in [6.45, 7) is 6.39. The van der Waals surface area contributed by atoms with Gasteiger partial charge in [-0.25, -0.2) is 0 Å². The number of nitrogens with one attached hydrogen (secondary N) is 1. The first-order valence-electron chi connectivity index (χ1n) is 3.46. The molecule has 0 radical (unpaired) electrons. The minimum atomic E-state index is -5.01. The van der Waals surface area contributed by atoms with Crippen molar-refractivity contribution in [3.05, 3.63) is 0 Å². The molecule has 8 heteroatoms. The monoisotopic (exact) mass is 222 g/mol. The van der Waals surface area contributed by atoms with Gasteiger partial charge in [0.1, 0.15) is 0 Å². The minimum Gasteiger partial charge on any atom is -0.317 e. The maximum absolute atomic E-state index is 10.7. The molecule has 0 aliphatic heterocycles. The van der Waals surface area contributed by atoms with Crippen molar-refractivity contribution in [2.24, 2.45) is 0 Å². The van der Waals surface area contributed by atoms with Crippen LogP contribution in [0.15, 0.2) is 0 Å². The highest BCUT2D eigenvalue weighted by Gasteiger charge is 2.41. The van der Waals surface area contributed by atoms with Crippen molar-refractivity contribution in [1.29, 1.82) is 0 Å². The molecule has 0 aliphatic rings. The van der Waals surface area contributed by atoms with Gasteiger partial charge < -0.3 is 5.32 Å². The lowest BCUT2D eigenvalue weighted by molar-refractivity contribution is -0.275. The summed E-state index contributed by atoms with van der Waals surface area (Å²) in [4.78, 5) is 7.46. The smallest absolute Gasteiger partial charge is 0.317 e. The normalized spacial score (nSPS) is 11.7. The van der Waals surface area contributed by atoms with Gasteiger partial charge in [-0.1, -0.05) is 13.8 Å². The molecule has 0 heterocycles. The Morgan fingerprint density at radius 3 is 1.77 bits per heavy atom. The van der Waals surface area contributed by atoms with Gasteiger partial charge in [0.05, 0.1) is 0 Å². The summed E-state index contributed by atoms with van der Waals surface area (Å²) in [6, 6.07) is 0. The van der Waals surface area contributed by atoms with Crippen molar-refractivity contribution in [3.8, 4) is 0 Å². The molecule has 0 spiro atoms. The molecule has 0 aromatic rings. The van der Waals surface area contributed by atoms with E-state index in [1.165, 1.54) is 0 Å². The van der Waals surface area contributed by atoms with Crippen LogP contribution >= 0.6 is 8.25 Å². The predicted molar refractivity (Wildman–Crippen MR) is 41.2 cm³/mol. The fourth-order valence-electron chi connectivity index (χ4n) is 0.339. The van der Waals surface area contributed by atoms with E-state index in [0.717, 1.165) is 13.1 Å². The van der Waals surface area contributed by atoms with Crippen LogP contribution in [0.25, 0.3) is 0 Å². The molecule has 13 heavy (non-hydrogen) atoms. The zero-order chi connectivity index (χ0) is 10.9. The second kappa shape index (κ2) is 8.37. The van der Waals surface area contributed by atoms with E-state index < -0.39 is 14.6 Å². The average molecular weight is 222 g/mol. The van der Waals surface area contributed by atoms with Crippen LogP contribution in [0.3, 0.4) is 0 Å². The Bertz CT molecular complexity index is 139. The zero-order valence-electron chi connectivity index (χ0n) is 7.26. The van der Waals surface area contributed by atoms with Crippen molar-refractivity contribution in [2.45, 2.75) is 20.2 Å². The van der Waals surface area contributed by atoms with Crippen molar-refractivity contribution in [3.63, 3.8) is 0 Å². The van der Waals surface area contributed by atoms with E-state index in [1.807, 2.05) is 0 Å². The minimum absolute atomic E-state index is 1.09. The Hall–Kier alpha value is -0.230. The molecule has 0 aromatic carbocycles. The van der Waals surface area contributed by atoms with Crippen LogP contribution in [0, 0.1) is 0 Å². The van der Waals surface area contributed by atoms with Gasteiger partial charge in [0.2, 0.25) is 0 Å². The van der Waals surface area contributed by atoms with Crippen LogP contribution in [0.5, 0.6) is 0 Å². The van der Waals surface area contributed by atoms with Crippen molar-refractivity contribution in [2.75, 3.05) is 13.1 Å². The number of hydrogen-bond donors (Lipinski definition) is 2. The molecule has 2 N–H and O–H groups in total. The van der Waals surface area contributed by atoms with Crippen LogP contribution in [0.2, 0.25) is 0 Å². The third kappa shape index (κ3) is 24.5. The molecule has 1 unspecified atom stereocenters. The topological polar surface area (TPSA) is 58.6 Å². The molecule has 0 rings (SSSR count). The summed E-state index contributed by atoms with van der Waals surface area (Å²) in [5.41, 5.74) is 0. The average Bonchev–Trinajstić information content (AvgIpc) is 1.84.